The number of carboxylic acid groups (broad SMARTS) is 1. The highest BCUT2D eigenvalue weighted by atomic mass is 16.6. The number of nitrogens with zero attached hydrogens (tertiary/aromatic N) is 3. The number of hydrogen-bond acceptors (Lipinski definition) is 6. The first-order valence-corrected chi connectivity index (χ1v) is 6.48. The number of hydrogen-bond donors (Lipinski definition) is 1. The second-order valence-corrected chi connectivity index (χ2v) is 4.85. The van der Waals surface area contributed by atoms with Gasteiger partial charge in [-0.2, -0.15) is 0 Å². The van der Waals surface area contributed by atoms with Gasteiger partial charge in [-0.3, -0.25) is 9.69 Å². The molecule has 0 saturated carbocycles. The van der Waals surface area contributed by atoms with Crippen molar-refractivity contribution in [2.75, 3.05) is 19.8 Å². The van der Waals surface area contributed by atoms with Gasteiger partial charge in [-0.1, -0.05) is 12.1 Å². The van der Waals surface area contributed by atoms with Crippen molar-refractivity contribution in [1.82, 2.24) is 15.2 Å². The first-order chi connectivity index (χ1) is 9.74. The lowest BCUT2D eigenvalue weighted by atomic mass is 10.1. The molecule has 2 heterocycles. The molecule has 1 atom stereocenters. The average Bonchev–Trinajstić information content (AvgIpc) is 2.90. The number of ether oxygens (including phenoxy) is 1. The Balaban J connectivity index is 1.81. The zero-order valence-electron chi connectivity index (χ0n) is 10.9. The lowest BCUT2D eigenvalue weighted by Crippen LogP contribution is -2.45. The molecule has 1 unspecified atom stereocenters. The first kappa shape index (κ1) is 13.0. The molecule has 1 fully saturated rings. The normalized spacial score (nSPS) is 20.3. The Morgan fingerprint density at radius 1 is 1.45 bits per heavy atom. The van der Waals surface area contributed by atoms with Crippen molar-refractivity contribution in [3.8, 4) is 0 Å². The summed E-state index contributed by atoms with van der Waals surface area (Å²) >= 11 is 0. The minimum absolute atomic E-state index is 0.0764. The summed E-state index contributed by atoms with van der Waals surface area (Å²) in [7, 11) is 0. The van der Waals surface area contributed by atoms with Gasteiger partial charge in [0.25, 0.3) is 0 Å². The van der Waals surface area contributed by atoms with Crippen LogP contribution in [0, 0.1) is 0 Å². The fourth-order valence-electron chi connectivity index (χ4n) is 2.50. The van der Waals surface area contributed by atoms with Gasteiger partial charge >= 0.3 is 5.97 Å². The third-order valence-electron chi connectivity index (χ3n) is 3.50. The highest BCUT2D eigenvalue weighted by Gasteiger charge is 2.26. The molecule has 7 nitrogen and oxygen atoms in total. The molecule has 106 valence electrons. The van der Waals surface area contributed by atoms with E-state index < -0.39 is 5.97 Å². The molecule has 1 aromatic carbocycles. The summed E-state index contributed by atoms with van der Waals surface area (Å²) in [4.78, 5) is 13.0. The molecule has 0 bridgehead atoms. The minimum atomic E-state index is -0.813. The topological polar surface area (TPSA) is 88.7 Å². The number of rotatable bonds is 4. The number of aliphatic carboxylic acids is 1. The Morgan fingerprint density at radius 2 is 2.35 bits per heavy atom. The van der Waals surface area contributed by atoms with Crippen LogP contribution in [0.5, 0.6) is 0 Å². The van der Waals surface area contributed by atoms with Gasteiger partial charge in [0.2, 0.25) is 0 Å². The van der Waals surface area contributed by atoms with Crippen LogP contribution in [-0.4, -0.2) is 52.1 Å². The van der Waals surface area contributed by atoms with Gasteiger partial charge in [-0.15, -0.1) is 0 Å². The maximum atomic E-state index is 10.9. The number of benzene rings is 1. The van der Waals surface area contributed by atoms with E-state index >= 15 is 0 Å². The van der Waals surface area contributed by atoms with Crippen molar-refractivity contribution < 1.29 is 19.3 Å². The second-order valence-electron chi connectivity index (χ2n) is 4.85. The number of carbonyl (C=O) groups is 1. The summed E-state index contributed by atoms with van der Waals surface area (Å²) in [5, 5.41) is 16.7. The summed E-state index contributed by atoms with van der Waals surface area (Å²) in [5.41, 5.74) is 2.43. The van der Waals surface area contributed by atoms with E-state index in [1.165, 1.54) is 0 Å². The van der Waals surface area contributed by atoms with Gasteiger partial charge < -0.3 is 9.84 Å². The lowest BCUT2D eigenvalue weighted by molar-refractivity contribution is -0.140. The smallest absolute Gasteiger partial charge is 0.305 e. The van der Waals surface area contributed by atoms with Gasteiger partial charge in [0, 0.05) is 19.1 Å². The van der Waals surface area contributed by atoms with Crippen LogP contribution in [0.15, 0.2) is 22.8 Å². The molecule has 0 aliphatic carbocycles. The summed E-state index contributed by atoms with van der Waals surface area (Å²) in [6.07, 6.45) is 0.0764. The molecule has 1 aromatic heterocycles. The Morgan fingerprint density at radius 3 is 3.20 bits per heavy atom. The fraction of sp³-hybridized carbons (Fsp3) is 0.462. The van der Waals surface area contributed by atoms with Gasteiger partial charge in [-0.05, 0) is 21.9 Å². The van der Waals surface area contributed by atoms with E-state index in [1.54, 1.807) is 0 Å². The van der Waals surface area contributed by atoms with E-state index in [1.807, 2.05) is 18.2 Å². The SMILES string of the molecule is O=C(O)CC1COCCN1Cc1cccc2nonc12. The predicted molar refractivity (Wildman–Crippen MR) is 69.1 cm³/mol. The van der Waals surface area contributed by atoms with Crippen molar-refractivity contribution in [1.29, 1.82) is 0 Å². The van der Waals surface area contributed by atoms with Crippen LogP contribution in [0.2, 0.25) is 0 Å². The van der Waals surface area contributed by atoms with Crippen molar-refractivity contribution in [3.63, 3.8) is 0 Å². The standard InChI is InChI=1S/C13H15N3O4/c17-12(18)6-10-8-19-5-4-16(10)7-9-2-1-3-11-13(9)15-20-14-11/h1-3,10H,4-8H2,(H,17,18). The number of fused-ring (bicyclic) bond motifs is 1. The fourth-order valence-corrected chi connectivity index (χ4v) is 2.50. The van der Waals surface area contributed by atoms with E-state index in [0.717, 1.165) is 11.1 Å². The molecule has 1 aliphatic rings. The van der Waals surface area contributed by atoms with E-state index in [-0.39, 0.29) is 12.5 Å². The number of aromatic nitrogens is 2. The molecule has 1 saturated heterocycles. The van der Waals surface area contributed by atoms with Crippen molar-refractivity contribution in [2.45, 2.75) is 19.0 Å². The van der Waals surface area contributed by atoms with Gasteiger partial charge in [0.15, 0.2) is 0 Å². The van der Waals surface area contributed by atoms with Gasteiger partial charge in [0.1, 0.15) is 11.0 Å². The molecule has 20 heavy (non-hydrogen) atoms. The number of morpholine rings is 1. The van der Waals surface area contributed by atoms with Gasteiger partial charge in [0.05, 0.1) is 19.6 Å². The molecular weight excluding hydrogens is 262 g/mol. The van der Waals surface area contributed by atoms with Crippen molar-refractivity contribution in [2.24, 2.45) is 0 Å². The van der Waals surface area contributed by atoms with Crippen molar-refractivity contribution >= 4 is 17.0 Å². The van der Waals surface area contributed by atoms with Crippen LogP contribution in [0.3, 0.4) is 0 Å². The second kappa shape index (κ2) is 5.56. The Bertz CT molecular complexity index is 612. The highest BCUT2D eigenvalue weighted by Crippen LogP contribution is 2.20. The quantitative estimate of drug-likeness (QED) is 0.888. The van der Waals surface area contributed by atoms with Gasteiger partial charge in [-0.25, -0.2) is 4.63 Å². The highest BCUT2D eigenvalue weighted by molar-refractivity contribution is 5.76. The summed E-state index contributed by atoms with van der Waals surface area (Å²) in [5.74, 6) is -0.813. The first-order valence-electron chi connectivity index (χ1n) is 6.48. The summed E-state index contributed by atoms with van der Waals surface area (Å²) in [6, 6.07) is 5.58. The van der Waals surface area contributed by atoms with E-state index in [2.05, 4.69) is 15.2 Å². The van der Waals surface area contributed by atoms with Crippen LogP contribution in [0.4, 0.5) is 0 Å². The Labute approximate surface area is 115 Å². The van der Waals surface area contributed by atoms with E-state index in [4.69, 9.17) is 14.5 Å². The molecule has 0 amide bonds. The van der Waals surface area contributed by atoms with Crippen LogP contribution in [0.1, 0.15) is 12.0 Å². The minimum Gasteiger partial charge on any atom is -0.481 e. The maximum absolute atomic E-state index is 10.9. The zero-order valence-corrected chi connectivity index (χ0v) is 10.9. The largest absolute Gasteiger partial charge is 0.481 e. The molecular formula is C13H15N3O4. The summed E-state index contributed by atoms with van der Waals surface area (Å²) in [6.45, 7) is 2.38. The molecule has 3 rings (SSSR count). The Hall–Kier alpha value is -1.99. The predicted octanol–water partition coefficient (Wildman–Crippen LogP) is 0.898. The zero-order chi connectivity index (χ0) is 13.9. The van der Waals surface area contributed by atoms with Crippen LogP contribution < -0.4 is 0 Å². The Kier molecular flexibility index (Phi) is 3.62. The third-order valence-corrected chi connectivity index (χ3v) is 3.50. The molecule has 7 heteroatoms. The molecule has 1 N–H and O–H groups in total. The molecule has 0 radical (unpaired) electrons. The van der Waals surface area contributed by atoms with E-state index in [0.29, 0.717) is 31.8 Å². The molecule has 0 spiro atoms. The third kappa shape index (κ3) is 2.63. The van der Waals surface area contributed by atoms with Crippen LogP contribution in [0.25, 0.3) is 11.0 Å². The van der Waals surface area contributed by atoms with E-state index in [9.17, 15) is 4.79 Å². The molecule has 2 aromatic rings. The van der Waals surface area contributed by atoms with Crippen molar-refractivity contribution in [3.05, 3.63) is 23.8 Å². The maximum Gasteiger partial charge on any atom is 0.305 e. The molecule has 1 aliphatic heterocycles. The van der Waals surface area contributed by atoms with Crippen LogP contribution >= 0.6 is 0 Å². The average molecular weight is 277 g/mol. The summed E-state index contributed by atoms with van der Waals surface area (Å²) < 4.78 is 10.1. The van der Waals surface area contributed by atoms with Crippen LogP contribution in [-0.2, 0) is 16.1 Å². The number of carboxylic acids is 1. The lowest BCUT2D eigenvalue weighted by Gasteiger charge is -2.34. The monoisotopic (exact) mass is 277 g/mol.